The van der Waals surface area contributed by atoms with Crippen molar-refractivity contribution in [3.8, 4) is 22.4 Å². The summed E-state index contributed by atoms with van der Waals surface area (Å²) in [5.74, 6) is -2.68. The molecule has 5 aromatic rings. The second kappa shape index (κ2) is 9.42. The topological polar surface area (TPSA) is 83.0 Å². The number of H-pyrrole nitrogens is 1. The fraction of sp³-hybridized carbons (Fsp3) is 0.0357. The van der Waals surface area contributed by atoms with Crippen molar-refractivity contribution in [2.45, 2.75) is 6.18 Å². The van der Waals surface area contributed by atoms with Gasteiger partial charge in [-0.05, 0) is 59.7 Å². The SMILES string of the molecule is O=C(O)c1ccc(-c2n[nH]c3cc(-c4cccc(F)c4)cc(C(=O)c4c(Cl)cccc4C(F)(F)F)c23)cc1. The average molecular weight is 539 g/mol. The lowest BCUT2D eigenvalue weighted by Crippen LogP contribution is -2.15. The van der Waals surface area contributed by atoms with Crippen LogP contribution >= 0.6 is 11.6 Å². The monoisotopic (exact) mass is 538 g/mol. The van der Waals surface area contributed by atoms with E-state index in [-0.39, 0.29) is 27.2 Å². The number of hydrogen-bond acceptors (Lipinski definition) is 3. The molecule has 0 aliphatic carbocycles. The molecule has 0 atom stereocenters. The van der Waals surface area contributed by atoms with Crippen molar-refractivity contribution in [1.29, 1.82) is 0 Å². The van der Waals surface area contributed by atoms with E-state index in [0.29, 0.717) is 22.2 Å². The minimum absolute atomic E-state index is 0.0177. The molecule has 2 N–H and O–H groups in total. The summed E-state index contributed by atoms with van der Waals surface area (Å²) in [4.78, 5) is 25.1. The predicted octanol–water partition coefficient (Wildman–Crippen LogP) is 7.64. The highest BCUT2D eigenvalue weighted by Crippen LogP contribution is 2.39. The quantitative estimate of drug-likeness (QED) is 0.178. The van der Waals surface area contributed by atoms with Gasteiger partial charge in [-0.15, -0.1) is 0 Å². The molecule has 190 valence electrons. The van der Waals surface area contributed by atoms with Crippen molar-refractivity contribution < 1.29 is 32.3 Å². The maximum atomic E-state index is 14.0. The van der Waals surface area contributed by atoms with E-state index in [0.717, 1.165) is 12.1 Å². The van der Waals surface area contributed by atoms with Gasteiger partial charge in [0.2, 0.25) is 0 Å². The number of carbonyl (C=O) groups is 2. The number of carbonyl (C=O) groups excluding carboxylic acids is 1. The first-order chi connectivity index (χ1) is 18.0. The minimum Gasteiger partial charge on any atom is -0.478 e. The van der Waals surface area contributed by atoms with Crippen LogP contribution in [0.15, 0.2) is 78.9 Å². The van der Waals surface area contributed by atoms with Crippen LogP contribution in [0, 0.1) is 5.82 Å². The fourth-order valence-electron chi connectivity index (χ4n) is 4.28. The van der Waals surface area contributed by atoms with Gasteiger partial charge >= 0.3 is 12.1 Å². The second-order valence-electron chi connectivity index (χ2n) is 8.40. The Morgan fingerprint density at radius 1 is 0.868 bits per heavy atom. The summed E-state index contributed by atoms with van der Waals surface area (Å²) in [5, 5.41) is 16.1. The van der Waals surface area contributed by atoms with Gasteiger partial charge in [0, 0.05) is 16.5 Å². The van der Waals surface area contributed by atoms with Crippen LogP contribution in [-0.2, 0) is 6.18 Å². The van der Waals surface area contributed by atoms with E-state index in [1.165, 1.54) is 54.6 Å². The van der Waals surface area contributed by atoms with Crippen molar-refractivity contribution in [3.63, 3.8) is 0 Å². The van der Waals surface area contributed by atoms with E-state index in [1.54, 1.807) is 12.1 Å². The van der Waals surface area contributed by atoms with Crippen LogP contribution in [0.1, 0.15) is 31.8 Å². The first-order valence-electron chi connectivity index (χ1n) is 11.1. The maximum Gasteiger partial charge on any atom is 0.417 e. The number of hydrogen-bond donors (Lipinski definition) is 2. The highest BCUT2D eigenvalue weighted by Gasteiger charge is 2.37. The standard InChI is InChI=1S/C28H15ClF4N2O3/c29-21-6-2-5-20(28(31,32)33)24(21)26(36)19-12-17(16-3-1-4-18(30)11-16)13-22-23(19)25(35-34-22)14-7-9-15(10-8-14)27(37)38/h1-13H,(H,34,35)(H,37,38). The van der Waals surface area contributed by atoms with Gasteiger partial charge in [-0.3, -0.25) is 9.89 Å². The molecule has 0 unspecified atom stereocenters. The molecule has 5 rings (SSSR count). The zero-order valence-electron chi connectivity index (χ0n) is 19.1. The normalized spacial score (nSPS) is 11.6. The molecule has 0 aliphatic rings. The lowest BCUT2D eigenvalue weighted by Gasteiger charge is -2.15. The number of aromatic carboxylic acids is 1. The van der Waals surface area contributed by atoms with Gasteiger partial charge in [0.05, 0.1) is 27.2 Å². The minimum atomic E-state index is -4.86. The number of alkyl halides is 3. The largest absolute Gasteiger partial charge is 0.478 e. The first-order valence-corrected chi connectivity index (χ1v) is 11.4. The Balaban J connectivity index is 1.80. The Bertz CT molecular complexity index is 1730. The van der Waals surface area contributed by atoms with Crippen LogP contribution in [0.25, 0.3) is 33.3 Å². The van der Waals surface area contributed by atoms with Crippen molar-refractivity contribution in [2.24, 2.45) is 0 Å². The van der Waals surface area contributed by atoms with E-state index in [2.05, 4.69) is 10.2 Å². The highest BCUT2D eigenvalue weighted by atomic mass is 35.5. The molecule has 0 radical (unpaired) electrons. The number of nitrogens with one attached hydrogen (secondary N) is 1. The summed E-state index contributed by atoms with van der Waals surface area (Å²) in [7, 11) is 0. The smallest absolute Gasteiger partial charge is 0.417 e. The molecule has 0 saturated carbocycles. The molecule has 5 nitrogen and oxygen atoms in total. The number of aromatic amines is 1. The van der Waals surface area contributed by atoms with E-state index in [9.17, 15) is 32.3 Å². The average Bonchev–Trinajstić information content (AvgIpc) is 3.31. The Hall–Kier alpha value is -4.50. The zero-order valence-corrected chi connectivity index (χ0v) is 19.9. The summed E-state index contributed by atoms with van der Waals surface area (Å²) < 4.78 is 55.6. The maximum absolute atomic E-state index is 14.0. The molecule has 4 aromatic carbocycles. The molecule has 0 fully saturated rings. The van der Waals surface area contributed by atoms with Gasteiger partial charge in [0.25, 0.3) is 0 Å². The Kier molecular flexibility index (Phi) is 6.24. The number of ketones is 1. The van der Waals surface area contributed by atoms with Crippen molar-refractivity contribution >= 4 is 34.3 Å². The van der Waals surface area contributed by atoms with E-state index < -0.39 is 34.9 Å². The van der Waals surface area contributed by atoms with Gasteiger partial charge in [-0.2, -0.15) is 18.3 Å². The molecule has 0 aliphatic heterocycles. The molecule has 0 amide bonds. The highest BCUT2D eigenvalue weighted by molar-refractivity contribution is 6.36. The van der Waals surface area contributed by atoms with Gasteiger partial charge in [0.1, 0.15) is 11.5 Å². The molecule has 10 heteroatoms. The second-order valence-corrected chi connectivity index (χ2v) is 8.81. The van der Waals surface area contributed by atoms with E-state index in [1.807, 2.05) is 0 Å². The molecule has 0 saturated heterocycles. The zero-order chi connectivity index (χ0) is 27.2. The number of benzene rings is 4. The lowest BCUT2D eigenvalue weighted by molar-refractivity contribution is -0.137. The summed E-state index contributed by atoms with van der Waals surface area (Å²) in [6.45, 7) is 0. The molecule has 38 heavy (non-hydrogen) atoms. The summed E-state index contributed by atoms with van der Waals surface area (Å²) in [5.41, 5.74) is -0.377. The Labute approximate surface area is 217 Å². The number of aromatic nitrogens is 2. The molecular weight excluding hydrogens is 524 g/mol. The number of fused-ring (bicyclic) bond motifs is 1. The number of rotatable bonds is 5. The fourth-order valence-corrected chi connectivity index (χ4v) is 4.54. The number of carboxylic acids is 1. The van der Waals surface area contributed by atoms with Crippen molar-refractivity contribution in [2.75, 3.05) is 0 Å². The van der Waals surface area contributed by atoms with Crippen LogP contribution in [0.3, 0.4) is 0 Å². The van der Waals surface area contributed by atoms with Crippen LogP contribution in [0.2, 0.25) is 5.02 Å². The van der Waals surface area contributed by atoms with E-state index >= 15 is 0 Å². The van der Waals surface area contributed by atoms with Crippen LogP contribution < -0.4 is 0 Å². The number of halogens is 5. The lowest BCUT2D eigenvalue weighted by atomic mass is 9.91. The molecule has 1 heterocycles. The number of nitrogens with zero attached hydrogens (tertiary/aromatic N) is 1. The molecular formula is C28H15ClF4N2O3. The molecule has 0 bridgehead atoms. The van der Waals surface area contributed by atoms with E-state index in [4.69, 9.17) is 11.6 Å². The van der Waals surface area contributed by atoms with Gasteiger partial charge in [-0.1, -0.05) is 41.9 Å². The Morgan fingerprint density at radius 3 is 2.24 bits per heavy atom. The van der Waals surface area contributed by atoms with Gasteiger partial charge in [-0.25, -0.2) is 9.18 Å². The van der Waals surface area contributed by atoms with Crippen LogP contribution in [0.4, 0.5) is 17.6 Å². The predicted molar refractivity (Wildman–Crippen MR) is 134 cm³/mol. The third kappa shape index (κ3) is 4.52. The van der Waals surface area contributed by atoms with Crippen LogP contribution in [-0.4, -0.2) is 27.1 Å². The summed E-state index contributed by atoms with van der Waals surface area (Å²) >= 11 is 6.14. The van der Waals surface area contributed by atoms with Crippen molar-refractivity contribution in [3.05, 3.63) is 112 Å². The third-order valence-electron chi connectivity index (χ3n) is 6.02. The molecule has 0 spiro atoms. The summed E-state index contributed by atoms with van der Waals surface area (Å²) in [6.07, 6.45) is -4.86. The van der Waals surface area contributed by atoms with Gasteiger partial charge in [0.15, 0.2) is 5.78 Å². The number of carboxylic acid groups (broad SMARTS) is 1. The summed E-state index contributed by atoms with van der Waals surface area (Å²) in [6, 6.07) is 17.2. The molecule has 1 aromatic heterocycles. The first kappa shape index (κ1) is 25.2. The van der Waals surface area contributed by atoms with Crippen molar-refractivity contribution in [1.82, 2.24) is 10.2 Å². The van der Waals surface area contributed by atoms with Crippen LogP contribution in [0.5, 0.6) is 0 Å². The Morgan fingerprint density at radius 2 is 1.58 bits per heavy atom. The van der Waals surface area contributed by atoms with Gasteiger partial charge < -0.3 is 5.11 Å². The third-order valence-corrected chi connectivity index (χ3v) is 6.33.